The minimum absolute atomic E-state index is 0.0687. The minimum atomic E-state index is -0.963. The molecule has 0 aliphatic rings. The van der Waals surface area contributed by atoms with Gasteiger partial charge in [0.2, 0.25) is 0 Å². The molecule has 8 heteroatoms. The molecule has 0 radical (unpaired) electrons. The lowest BCUT2D eigenvalue weighted by Gasteiger charge is -2.06. The van der Waals surface area contributed by atoms with Crippen LogP contribution >= 0.6 is 0 Å². The summed E-state index contributed by atoms with van der Waals surface area (Å²) >= 11 is 0. The van der Waals surface area contributed by atoms with E-state index >= 15 is 0 Å². The van der Waals surface area contributed by atoms with Gasteiger partial charge in [0, 0.05) is 23.7 Å². The van der Waals surface area contributed by atoms with Gasteiger partial charge in [-0.05, 0) is 24.3 Å². The number of carbonyl (C=O) groups is 2. The minimum Gasteiger partial charge on any atom is -0.481 e. The van der Waals surface area contributed by atoms with E-state index in [1.54, 1.807) is 24.3 Å². The van der Waals surface area contributed by atoms with Crippen LogP contribution in [0.5, 0.6) is 0 Å². The Hall–Kier alpha value is -2.90. The fourth-order valence-corrected chi connectivity index (χ4v) is 1.74. The van der Waals surface area contributed by atoms with Crippen LogP contribution < -0.4 is 10.6 Å². The highest BCUT2D eigenvalue weighted by Gasteiger charge is 2.11. The maximum Gasteiger partial charge on any atom is 0.319 e. The predicted molar refractivity (Wildman–Crippen MR) is 83.1 cm³/mol. The molecule has 0 atom stereocenters. The van der Waals surface area contributed by atoms with E-state index in [1.807, 2.05) is 13.8 Å². The largest absolute Gasteiger partial charge is 0.481 e. The Morgan fingerprint density at radius 3 is 2.52 bits per heavy atom. The summed E-state index contributed by atoms with van der Waals surface area (Å²) in [6, 6.07) is 6.45. The number of nitrogens with one attached hydrogen (secondary N) is 2. The van der Waals surface area contributed by atoms with Crippen molar-refractivity contribution in [3.63, 3.8) is 0 Å². The zero-order valence-corrected chi connectivity index (χ0v) is 12.9. The van der Waals surface area contributed by atoms with Crippen molar-refractivity contribution < 1.29 is 19.2 Å². The Morgan fingerprint density at radius 1 is 1.26 bits per heavy atom. The van der Waals surface area contributed by atoms with Crippen LogP contribution in [-0.2, 0) is 4.79 Å². The van der Waals surface area contributed by atoms with Gasteiger partial charge in [0.15, 0.2) is 5.82 Å². The second-order valence-electron chi connectivity index (χ2n) is 5.21. The number of aliphatic carboxylic acids is 1. The topological polar surface area (TPSA) is 117 Å². The summed E-state index contributed by atoms with van der Waals surface area (Å²) in [6.07, 6.45) is -0.123. The first-order chi connectivity index (χ1) is 11.0. The highest BCUT2D eigenvalue weighted by molar-refractivity contribution is 5.89. The standard InChI is InChI=1S/C15H18N4O4/c1-9(2)13-18-14(23-19-13)10-3-5-11(6-4-10)17-15(22)16-8-7-12(20)21/h3-6,9H,7-8H2,1-2H3,(H,20,21)(H2,16,17,22). The molecule has 2 amide bonds. The second-order valence-corrected chi connectivity index (χ2v) is 5.21. The summed E-state index contributed by atoms with van der Waals surface area (Å²) in [5.74, 6) is 0.282. The van der Waals surface area contributed by atoms with Gasteiger partial charge in [0.25, 0.3) is 5.89 Å². The zero-order chi connectivity index (χ0) is 16.8. The van der Waals surface area contributed by atoms with Gasteiger partial charge < -0.3 is 20.3 Å². The lowest BCUT2D eigenvalue weighted by molar-refractivity contribution is -0.136. The molecule has 1 aromatic carbocycles. The first-order valence-corrected chi connectivity index (χ1v) is 7.16. The molecule has 1 heterocycles. The molecule has 2 rings (SSSR count). The van der Waals surface area contributed by atoms with Crippen LogP contribution in [0.3, 0.4) is 0 Å². The number of carboxylic acid groups (broad SMARTS) is 1. The van der Waals surface area contributed by atoms with Crippen LogP contribution in [-0.4, -0.2) is 33.8 Å². The maximum absolute atomic E-state index is 11.6. The second kappa shape index (κ2) is 7.39. The van der Waals surface area contributed by atoms with Crippen molar-refractivity contribution in [2.45, 2.75) is 26.2 Å². The molecule has 122 valence electrons. The van der Waals surface area contributed by atoms with Crippen molar-refractivity contribution >= 4 is 17.7 Å². The molecule has 8 nitrogen and oxygen atoms in total. The number of carbonyl (C=O) groups excluding carboxylic acids is 1. The van der Waals surface area contributed by atoms with Crippen molar-refractivity contribution in [3.05, 3.63) is 30.1 Å². The summed E-state index contributed by atoms with van der Waals surface area (Å²) < 4.78 is 5.19. The van der Waals surface area contributed by atoms with E-state index in [4.69, 9.17) is 9.63 Å². The average molecular weight is 318 g/mol. The van der Waals surface area contributed by atoms with E-state index in [0.29, 0.717) is 17.4 Å². The third-order valence-electron chi connectivity index (χ3n) is 2.97. The van der Waals surface area contributed by atoms with Crippen molar-refractivity contribution in [2.24, 2.45) is 0 Å². The molecule has 0 aliphatic heterocycles. The third-order valence-corrected chi connectivity index (χ3v) is 2.97. The molecule has 3 N–H and O–H groups in total. The van der Waals surface area contributed by atoms with Crippen LogP contribution in [0.1, 0.15) is 32.0 Å². The molecule has 0 bridgehead atoms. The third kappa shape index (κ3) is 4.80. The Balaban J connectivity index is 1.93. The van der Waals surface area contributed by atoms with E-state index in [1.165, 1.54) is 0 Å². The van der Waals surface area contributed by atoms with Gasteiger partial charge in [-0.1, -0.05) is 19.0 Å². The number of nitrogens with zero attached hydrogens (tertiary/aromatic N) is 2. The van der Waals surface area contributed by atoms with Crippen molar-refractivity contribution in [2.75, 3.05) is 11.9 Å². The van der Waals surface area contributed by atoms with Gasteiger partial charge in [0.1, 0.15) is 0 Å². The van der Waals surface area contributed by atoms with Gasteiger partial charge in [0.05, 0.1) is 6.42 Å². The SMILES string of the molecule is CC(C)c1noc(-c2ccc(NC(=O)NCCC(=O)O)cc2)n1. The highest BCUT2D eigenvalue weighted by atomic mass is 16.5. The highest BCUT2D eigenvalue weighted by Crippen LogP contribution is 2.21. The Labute approximate surface area is 132 Å². The fourth-order valence-electron chi connectivity index (χ4n) is 1.74. The lowest BCUT2D eigenvalue weighted by atomic mass is 10.2. The molecule has 1 aromatic heterocycles. The first-order valence-electron chi connectivity index (χ1n) is 7.16. The summed E-state index contributed by atoms with van der Waals surface area (Å²) in [5, 5.41) is 17.5. The van der Waals surface area contributed by atoms with E-state index in [9.17, 15) is 9.59 Å². The number of carboxylic acids is 1. The van der Waals surface area contributed by atoms with Crippen molar-refractivity contribution in [3.8, 4) is 11.5 Å². The molecule has 23 heavy (non-hydrogen) atoms. The molecule has 0 fully saturated rings. The quantitative estimate of drug-likeness (QED) is 0.753. The van der Waals surface area contributed by atoms with E-state index in [-0.39, 0.29) is 18.9 Å². The lowest BCUT2D eigenvalue weighted by Crippen LogP contribution is -2.30. The van der Waals surface area contributed by atoms with Crippen molar-refractivity contribution in [1.29, 1.82) is 0 Å². The van der Waals surface area contributed by atoms with E-state index < -0.39 is 12.0 Å². The number of hydrogen-bond acceptors (Lipinski definition) is 5. The van der Waals surface area contributed by atoms with Gasteiger partial charge in [-0.2, -0.15) is 4.98 Å². The molecule has 0 saturated heterocycles. The number of amides is 2. The smallest absolute Gasteiger partial charge is 0.319 e. The molecule has 0 saturated carbocycles. The maximum atomic E-state index is 11.6. The zero-order valence-electron chi connectivity index (χ0n) is 12.9. The van der Waals surface area contributed by atoms with Gasteiger partial charge in [-0.15, -0.1) is 0 Å². The number of rotatable bonds is 6. The summed E-state index contributed by atoms with van der Waals surface area (Å²) in [4.78, 5) is 26.2. The number of hydrogen-bond donors (Lipinski definition) is 3. The Kier molecular flexibility index (Phi) is 5.29. The fraction of sp³-hybridized carbons (Fsp3) is 0.333. The first kappa shape index (κ1) is 16.5. The summed E-state index contributed by atoms with van der Waals surface area (Å²) in [7, 11) is 0. The van der Waals surface area contributed by atoms with Crippen LogP contribution in [0.2, 0.25) is 0 Å². The van der Waals surface area contributed by atoms with Crippen LogP contribution in [0, 0.1) is 0 Å². The Bertz CT molecular complexity index is 679. The van der Waals surface area contributed by atoms with Gasteiger partial charge in [-0.25, -0.2) is 4.79 Å². The number of anilines is 1. The number of urea groups is 1. The molecule has 0 spiro atoms. The summed E-state index contributed by atoms with van der Waals surface area (Å²) in [6.45, 7) is 4.02. The van der Waals surface area contributed by atoms with Crippen molar-refractivity contribution in [1.82, 2.24) is 15.5 Å². The predicted octanol–water partition coefficient (Wildman–Crippen LogP) is 2.46. The van der Waals surface area contributed by atoms with Crippen LogP contribution in [0.25, 0.3) is 11.5 Å². The van der Waals surface area contributed by atoms with E-state index in [0.717, 1.165) is 5.56 Å². The Morgan fingerprint density at radius 2 is 1.96 bits per heavy atom. The molecule has 0 aliphatic carbocycles. The van der Waals surface area contributed by atoms with Gasteiger partial charge >= 0.3 is 12.0 Å². The van der Waals surface area contributed by atoms with Crippen LogP contribution in [0.4, 0.5) is 10.5 Å². The number of aromatic nitrogens is 2. The molecule has 0 unspecified atom stereocenters. The van der Waals surface area contributed by atoms with Gasteiger partial charge in [-0.3, -0.25) is 4.79 Å². The molecular formula is C15H18N4O4. The van der Waals surface area contributed by atoms with E-state index in [2.05, 4.69) is 20.8 Å². The molecular weight excluding hydrogens is 300 g/mol. The average Bonchev–Trinajstić information content (AvgIpc) is 2.97. The summed E-state index contributed by atoms with van der Waals surface area (Å²) in [5.41, 5.74) is 1.33. The number of benzene rings is 1. The molecule has 2 aromatic rings. The monoisotopic (exact) mass is 318 g/mol. The normalized spacial score (nSPS) is 10.6. The van der Waals surface area contributed by atoms with Crippen LogP contribution in [0.15, 0.2) is 28.8 Å².